The molecule has 204 valence electrons. The van der Waals surface area contributed by atoms with Crippen LogP contribution in [0.25, 0.3) is 0 Å². The van der Waals surface area contributed by atoms with Gasteiger partial charge in [0.25, 0.3) is 0 Å². The number of hydrogen-bond donors (Lipinski definition) is 1. The van der Waals surface area contributed by atoms with Crippen LogP contribution >= 0.6 is 0 Å². The lowest BCUT2D eigenvalue weighted by Gasteiger charge is -2.59. The van der Waals surface area contributed by atoms with Gasteiger partial charge in [-0.15, -0.1) is 0 Å². The van der Waals surface area contributed by atoms with Gasteiger partial charge in [0.05, 0.1) is 17.4 Å². The summed E-state index contributed by atoms with van der Waals surface area (Å²) in [6, 6.07) is 0. The monoisotopic (exact) mass is 502 g/mol. The van der Waals surface area contributed by atoms with Gasteiger partial charge in [-0.2, -0.15) is 0 Å². The zero-order valence-electron chi connectivity index (χ0n) is 23.4. The third kappa shape index (κ3) is 4.87. The molecule has 8 aliphatic rings. The Hall–Kier alpha value is -1.10. The lowest BCUT2D eigenvalue weighted by Crippen LogP contribution is -2.60. The summed E-state index contributed by atoms with van der Waals surface area (Å²) >= 11 is 0. The van der Waals surface area contributed by atoms with E-state index in [1.807, 2.05) is 20.8 Å². The lowest BCUT2D eigenvalue weighted by molar-refractivity contribution is -0.222. The predicted octanol–water partition coefficient (Wildman–Crippen LogP) is 6.45. The highest BCUT2D eigenvalue weighted by atomic mass is 16.6. The Balaban J connectivity index is 0.000000148. The second-order valence-electron chi connectivity index (χ2n) is 14.3. The average Bonchev–Trinajstić information content (AvgIpc) is 2.79. The van der Waals surface area contributed by atoms with Crippen LogP contribution in [0.4, 0.5) is 0 Å². The number of rotatable bonds is 6. The molecule has 8 bridgehead atoms. The molecule has 0 aromatic carbocycles. The summed E-state index contributed by atoms with van der Waals surface area (Å²) in [6.45, 7) is 10.2. The molecule has 5 nitrogen and oxygen atoms in total. The normalized spacial score (nSPS) is 47.1. The molecule has 0 heterocycles. The Kier molecular flexibility index (Phi) is 7.05. The molecule has 0 saturated heterocycles. The Morgan fingerprint density at radius 1 is 0.750 bits per heavy atom. The van der Waals surface area contributed by atoms with Crippen molar-refractivity contribution in [3.05, 3.63) is 0 Å². The van der Waals surface area contributed by atoms with Gasteiger partial charge in [0.1, 0.15) is 11.2 Å². The van der Waals surface area contributed by atoms with E-state index in [1.54, 1.807) is 0 Å². The van der Waals surface area contributed by atoms with Crippen molar-refractivity contribution < 1.29 is 24.2 Å². The molecule has 8 fully saturated rings. The van der Waals surface area contributed by atoms with Crippen molar-refractivity contribution in [2.45, 2.75) is 135 Å². The summed E-state index contributed by atoms with van der Waals surface area (Å²) in [4.78, 5) is 24.2. The maximum Gasteiger partial charge on any atom is 0.309 e. The van der Waals surface area contributed by atoms with E-state index in [-0.39, 0.29) is 35.0 Å². The van der Waals surface area contributed by atoms with Crippen LogP contribution in [0.1, 0.15) is 118 Å². The van der Waals surface area contributed by atoms with E-state index < -0.39 is 5.60 Å². The topological polar surface area (TPSA) is 72.8 Å². The molecule has 5 heteroatoms. The molecule has 4 atom stereocenters. The molecule has 8 rings (SSSR count). The Labute approximate surface area is 218 Å². The SMILES string of the molecule is CCC(C)C(=O)OC1(C)C2CC3CC(C2)CC1C3.CCC(C)C(=O)OC12CC3CC(CC(O)(C3)C1)C2. The average molecular weight is 503 g/mol. The van der Waals surface area contributed by atoms with E-state index in [9.17, 15) is 14.7 Å². The number of hydrogen-bond acceptors (Lipinski definition) is 5. The van der Waals surface area contributed by atoms with Crippen molar-refractivity contribution in [2.24, 2.45) is 47.3 Å². The largest absolute Gasteiger partial charge is 0.459 e. The summed E-state index contributed by atoms with van der Waals surface area (Å²) in [5.41, 5.74) is -1.02. The molecule has 0 aliphatic heterocycles. The molecule has 0 aromatic heterocycles. The minimum Gasteiger partial charge on any atom is -0.459 e. The Morgan fingerprint density at radius 2 is 1.19 bits per heavy atom. The van der Waals surface area contributed by atoms with Crippen molar-refractivity contribution in [1.29, 1.82) is 0 Å². The van der Waals surface area contributed by atoms with E-state index >= 15 is 0 Å². The van der Waals surface area contributed by atoms with E-state index in [1.165, 1.54) is 38.5 Å². The van der Waals surface area contributed by atoms with Crippen molar-refractivity contribution in [3.63, 3.8) is 0 Å². The van der Waals surface area contributed by atoms with Gasteiger partial charge >= 0.3 is 11.9 Å². The lowest BCUT2D eigenvalue weighted by atomic mass is 9.50. The van der Waals surface area contributed by atoms with Crippen LogP contribution in [-0.4, -0.2) is 33.8 Å². The van der Waals surface area contributed by atoms with Crippen LogP contribution in [0, 0.1) is 47.3 Å². The Bertz CT molecular complexity index is 806. The first-order valence-electron chi connectivity index (χ1n) is 15.1. The molecule has 36 heavy (non-hydrogen) atoms. The van der Waals surface area contributed by atoms with Crippen molar-refractivity contribution in [2.75, 3.05) is 0 Å². The van der Waals surface area contributed by atoms with Crippen LogP contribution in [0.3, 0.4) is 0 Å². The van der Waals surface area contributed by atoms with Crippen molar-refractivity contribution >= 4 is 11.9 Å². The zero-order chi connectivity index (χ0) is 25.9. The summed E-state index contributed by atoms with van der Waals surface area (Å²) in [5.74, 6) is 4.29. The fraction of sp³-hybridized carbons (Fsp3) is 0.935. The first-order chi connectivity index (χ1) is 17.0. The van der Waals surface area contributed by atoms with E-state index in [0.717, 1.165) is 50.4 Å². The summed E-state index contributed by atoms with van der Waals surface area (Å²) in [5, 5.41) is 10.6. The van der Waals surface area contributed by atoms with Crippen LogP contribution in [0.15, 0.2) is 0 Å². The summed E-state index contributed by atoms with van der Waals surface area (Å²) < 4.78 is 11.9. The van der Waals surface area contributed by atoms with Gasteiger partial charge in [-0.05, 0) is 119 Å². The third-order valence-electron chi connectivity index (χ3n) is 11.4. The second-order valence-corrected chi connectivity index (χ2v) is 14.3. The number of esters is 2. The summed E-state index contributed by atoms with van der Waals surface area (Å²) in [7, 11) is 0. The molecule has 8 saturated carbocycles. The molecule has 0 radical (unpaired) electrons. The van der Waals surface area contributed by atoms with Crippen LogP contribution < -0.4 is 0 Å². The van der Waals surface area contributed by atoms with Gasteiger partial charge in [-0.1, -0.05) is 27.7 Å². The third-order valence-corrected chi connectivity index (χ3v) is 11.4. The quantitative estimate of drug-likeness (QED) is 0.423. The molecular formula is C31H50O5. The minimum atomic E-state index is -0.542. The highest BCUT2D eigenvalue weighted by molar-refractivity contribution is 5.73. The number of aliphatic hydroxyl groups is 1. The first-order valence-corrected chi connectivity index (χ1v) is 15.1. The first kappa shape index (κ1) is 26.5. The second kappa shape index (κ2) is 9.58. The van der Waals surface area contributed by atoms with Gasteiger partial charge in [-0.25, -0.2) is 0 Å². The van der Waals surface area contributed by atoms with Crippen molar-refractivity contribution in [1.82, 2.24) is 0 Å². The van der Waals surface area contributed by atoms with Crippen molar-refractivity contribution in [3.8, 4) is 0 Å². The van der Waals surface area contributed by atoms with Gasteiger partial charge < -0.3 is 14.6 Å². The van der Waals surface area contributed by atoms with Crippen LogP contribution in [0.2, 0.25) is 0 Å². The highest BCUT2D eigenvalue weighted by Crippen LogP contribution is 2.60. The fourth-order valence-corrected chi connectivity index (χ4v) is 9.50. The Morgan fingerprint density at radius 3 is 1.64 bits per heavy atom. The van der Waals surface area contributed by atoms with E-state index in [2.05, 4.69) is 13.8 Å². The highest BCUT2D eigenvalue weighted by Gasteiger charge is 2.59. The van der Waals surface area contributed by atoms with Gasteiger partial charge in [0, 0.05) is 6.42 Å². The number of carbonyl (C=O) groups is 2. The van der Waals surface area contributed by atoms with Gasteiger partial charge in [0.15, 0.2) is 0 Å². The standard InChI is InChI=1S/C16H26O2.C15H24O3/c1-4-10(2)15(17)18-16(3)13-6-11-5-12(8-13)9-14(16)7-11;1-3-10(2)13(16)18-15-7-11-4-12(8-15)6-14(17,5-11)9-15/h10-14H,4-9H2,1-3H3;10-12,17H,3-9H2,1-2H3. The van der Waals surface area contributed by atoms with Gasteiger partial charge in [-0.3, -0.25) is 9.59 Å². The molecule has 0 spiro atoms. The summed E-state index contributed by atoms with van der Waals surface area (Å²) in [6.07, 6.45) is 14.1. The molecule has 8 aliphatic carbocycles. The molecule has 0 amide bonds. The van der Waals surface area contributed by atoms with Gasteiger partial charge in [0.2, 0.25) is 0 Å². The number of ether oxygens (including phenoxy) is 2. The van der Waals surface area contributed by atoms with Crippen LogP contribution in [-0.2, 0) is 19.1 Å². The zero-order valence-corrected chi connectivity index (χ0v) is 23.4. The maximum absolute atomic E-state index is 12.1. The maximum atomic E-state index is 12.1. The van der Waals surface area contributed by atoms with E-state index in [0.29, 0.717) is 30.1 Å². The molecular weight excluding hydrogens is 452 g/mol. The molecule has 4 unspecified atom stereocenters. The van der Waals surface area contributed by atoms with E-state index in [4.69, 9.17) is 9.47 Å². The molecule has 0 aromatic rings. The minimum absolute atomic E-state index is 0.0207. The predicted molar refractivity (Wildman–Crippen MR) is 139 cm³/mol. The smallest absolute Gasteiger partial charge is 0.309 e. The molecule has 1 N–H and O–H groups in total. The van der Waals surface area contributed by atoms with Crippen LogP contribution in [0.5, 0.6) is 0 Å². The number of carbonyl (C=O) groups excluding carboxylic acids is 2. The fourth-order valence-electron chi connectivity index (χ4n) is 9.50.